The average molecular weight is 210 g/mol. The molecular weight excluding hydrogens is 196 g/mol. The van der Waals surface area contributed by atoms with Crippen molar-refractivity contribution in [3.63, 3.8) is 0 Å². The molecule has 2 rings (SSSR count). The molecule has 0 radical (unpaired) electrons. The van der Waals surface area contributed by atoms with E-state index in [1.165, 1.54) is 0 Å². The molecular formula is C10H14N2OS. The van der Waals surface area contributed by atoms with E-state index in [4.69, 9.17) is 22.7 Å². The van der Waals surface area contributed by atoms with E-state index in [0.29, 0.717) is 11.0 Å². The van der Waals surface area contributed by atoms with Crippen LogP contribution in [-0.4, -0.2) is 22.8 Å². The van der Waals surface area contributed by atoms with Crippen LogP contribution in [0.1, 0.15) is 24.6 Å². The topological polar surface area (TPSA) is 40.2 Å². The molecule has 14 heavy (non-hydrogen) atoms. The van der Waals surface area contributed by atoms with E-state index in [1.807, 2.05) is 18.3 Å². The molecule has 2 N–H and O–H groups in total. The molecule has 0 aliphatic carbocycles. The fourth-order valence-corrected chi connectivity index (χ4v) is 2.04. The summed E-state index contributed by atoms with van der Waals surface area (Å²) in [5.74, 6) is 0. The second kappa shape index (κ2) is 4.11. The maximum absolute atomic E-state index is 5.64. The van der Waals surface area contributed by atoms with Gasteiger partial charge in [-0.3, -0.25) is 0 Å². The van der Waals surface area contributed by atoms with Crippen LogP contribution in [0.25, 0.3) is 0 Å². The summed E-state index contributed by atoms with van der Waals surface area (Å²) in [5, 5.41) is 0. The minimum Gasteiger partial charge on any atom is -0.388 e. The molecule has 4 heteroatoms. The number of rotatable bonds is 2. The van der Waals surface area contributed by atoms with Crippen LogP contribution in [0.3, 0.4) is 0 Å². The third-order valence-electron chi connectivity index (χ3n) is 2.56. The third-order valence-corrected chi connectivity index (χ3v) is 2.77. The van der Waals surface area contributed by atoms with E-state index >= 15 is 0 Å². The first kappa shape index (κ1) is 9.68. The lowest BCUT2D eigenvalue weighted by molar-refractivity contribution is 0.0592. The van der Waals surface area contributed by atoms with Crippen LogP contribution in [0.15, 0.2) is 18.3 Å². The molecule has 0 saturated carbocycles. The van der Waals surface area contributed by atoms with Crippen molar-refractivity contribution in [1.82, 2.24) is 4.57 Å². The van der Waals surface area contributed by atoms with Crippen molar-refractivity contribution in [3.8, 4) is 0 Å². The zero-order chi connectivity index (χ0) is 9.97. The summed E-state index contributed by atoms with van der Waals surface area (Å²) >= 11 is 4.99. The molecule has 1 unspecified atom stereocenters. The molecule has 2 heterocycles. The molecule has 1 aromatic rings. The van der Waals surface area contributed by atoms with Crippen molar-refractivity contribution in [3.05, 3.63) is 24.0 Å². The summed E-state index contributed by atoms with van der Waals surface area (Å²) in [4.78, 5) is 0.459. The van der Waals surface area contributed by atoms with Crippen LogP contribution in [-0.2, 0) is 4.74 Å². The van der Waals surface area contributed by atoms with Gasteiger partial charge in [-0.25, -0.2) is 0 Å². The Labute approximate surface area is 88.8 Å². The van der Waals surface area contributed by atoms with Crippen molar-refractivity contribution in [2.75, 3.05) is 13.2 Å². The standard InChI is InChI=1S/C10H14N2OS/c11-10(14)9-4-1-5-12(9)8-3-2-6-13-7-8/h1,4-5,8H,2-3,6-7H2,(H2,11,14). The lowest BCUT2D eigenvalue weighted by Gasteiger charge is -2.25. The molecule has 76 valence electrons. The van der Waals surface area contributed by atoms with Crippen LogP contribution in [0, 0.1) is 0 Å². The molecule has 3 nitrogen and oxygen atoms in total. The summed E-state index contributed by atoms with van der Waals surface area (Å²) in [6, 6.07) is 4.33. The summed E-state index contributed by atoms with van der Waals surface area (Å²) in [5.41, 5.74) is 6.58. The fourth-order valence-electron chi connectivity index (χ4n) is 1.86. The van der Waals surface area contributed by atoms with Crippen molar-refractivity contribution in [1.29, 1.82) is 0 Å². The molecule has 1 aliphatic rings. The minimum absolute atomic E-state index is 0.398. The van der Waals surface area contributed by atoms with Crippen LogP contribution in [0.4, 0.5) is 0 Å². The van der Waals surface area contributed by atoms with Gasteiger partial charge in [0.25, 0.3) is 0 Å². The Morgan fingerprint density at radius 1 is 1.64 bits per heavy atom. The van der Waals surface area contributed by atoms with Crippen molar-refractivity contribution in [2.45, 2.75) is 18.9 Å². The van der Waals surface area contributed by atoms with Gasteiger partial charge >= 0.3 is 0 Å². The Hall–Kier alpha value is -0.870. The summed E-state index contributed by atoms with van der Waals surface area (Å²) in [6.07, 6.45) is 4.28. The first-order chi connectivity index (χ1) is 6.79. The van der Waals surface area contributed by atoms with Gasteiger partial charge in [-0.2, -0.15) is 0 Å². The third kappa shape index (κ3) is 1.81. The lowest BCUT2D eigenvalue weighted by atomic mass is 10.1. The van der Waals surface area contributed by atoms with Gasteiger partial charge in [-0.1, -0.05) is 12.2 Å². The molecule has 1 aliphatic heterocycles. The maximum atomic E-state index is 5.64. The number of ether oxygens (including phenoxy) is 1. The van der Waals surface area contributed by atoms with E-state index in [0.717, 1.165) is 31.7 Å². The van der Waals surface area contributed by atoms with E-state index < -0.39 is 0 Å². The number of hydrogen-bond acceptors (Lipinski definition) is 2. The van der Waals surface area contributed by atoms with Gasteiger partial charge in [0, 0.05) is 12.8 Å². The SMILES string of the molecule is NC(=S)c1cccn1C1CCCOC1. The van der Waals surface area contributed by atoms with Gasteiger partial charge < -0.3 is 15.0 Å². The Bertz CT molecular complexity index is 329. The molecule has 0 aromatic carbocycles. The second-order valence-corrected chi connectivity index (χ2v) is 3.98. The van der Waals surface area contributed by atoms with Crippen molar-refractivity contribution >= 4 is 17.2 Å². The zero-order valence-electron chi connectivity index (χ0n) is 7.98. The number of nitrogens with two attached hydrogens (primary N) is 1. The minimum atomic E-state index is 0.398. The Kier molecular flexibility index (Phi) is 2.84. The fraction of sp³-hybridized carbons (Fsp3) is 0.500. The quantitative estimate of drug-likeness (QED) is 0.751. The maximum Gasteiger partial charge on any atom is 0.120 e. The molecule has 1 saturated heterocycles. The van der Waals surface area contributed by atoms with Crippen molar-refractivity contribution < 1.29 is 4.74 Å². The first-order valence-electron chi connectivity index (χ1n) is 4.83. The first-order valence-corrected chi connectivity index (χ1v) is 5.24. The van der Waals surface area contributed by atoms with Crippen LogP contribution < -0.4 is 5.73 Å². The summed E-state index contributed by atoms with van der Waals surface area (Å²) in [7, 11) is 0. The van der Waals surface area contributed by atoms with Crippen LogP contribution in [0.2, 0.25) is 0 Å². The number of hydrogen-bond donors (Lipinski definition) is 1. The highest BCUT2D eigenvalue weighted by atomic mass is 32.1. The molecule has 0 bridgehead atoms. The predicted octanol–water partition coefficient (Wildman–Crippen LogP) is 1.47. The Balaban J connectivity index is 2.21. The molecule has 0 amide bonds. The van der Waals surface area contributed by atoms with E-state index in [1.54, 1.807) is 0 Å². The smallest absolute Gasteiger partial charge is 0.120 e. The summed E-state index contributed by atoms with van der Waals surface area (Å²) in [6.45, 7) is 1.64. The van der Waals surface area contributed by atoms with Gasteiger partial charge in [-0.05, 0) is 25.0 Å². The zero-order valence-corrected chi connectivity index (χ0v) is 8.80. The summed E-state index contributed by atoms with van der Waals surface area (Å²) < 4.78 is 7.56. The van der Waals surface area contributed by atoms with Gasteiger partial charge in [-0.15, -0.1) is 0 Å². The highest BCUT2D eigenvalue weighted by Crippen LogP contribution is 2.21. The molecule has 0 spiro atoms. The highest BCUT2D eigenvalue weighted by molar-refractivity contribution is 7.80. The number of aromatic nitrogens is 1. The Morgan fingerprint density at radius 3 is 3.14 bits per heavy atom. The molecule has 1 atom stereocenters. The Morgan fingerprint density at radius 2 is 2.50 bits per heavy atom. The van der Waals surface area contributed by atoms with Gasteiger partial charge in [0.2, 0.25) is 0 Å². The molecule has 1 aromatic heterocycles. The monoisotopic (exact) mass is 210 g/mol. The van der Waals surface area contributed by atoms with E-state index in [-0.39, 0.29) is 0 Å². The van der Waals surface area contributed by atoms with Gasteiger partial charge in [0.15, 0.2) is 0 Å². The van der Waals surface area contributed by atoms with E-state index in [2.05, 4.69) is 4.57 Å². The largest absolute Gasteiger partial charge is 0.388 e. The lowest BCUT2D eigenvalue weighted by Crippen LogP contribution is -2.25. The van der Waals surface area contributed by atoms with Crippen LogP contribution in [0.5, 0.6) is 0 Å². The number of nitrogens with zero attached hydrogens (tertiary/aromatic N) is 1. The predicted molar refractivity (Wildman–Crippen MR) is 59.4 cm³/mol. The van der Waals surface area contributed by atoms with Gasteiger partial charge in [0.05, 0.1) is 18.3 Å². The number of thiocarbonyl (C=S) groups is 1. The highest BCUT2D eigenvalue weighted by Gasteiger charge is 2.17. The van der Waals surface area contributed by atoms with Crippen molar-refractivity contribution in [2.24, 2.45) is 5.73 Å². The van der Waals surface area contributed by atoms with Gasteiger partial charge in [0.1, 0.15) is 4.99 Å². The van der Waals surface area contributed by atoms with Crippen LogP contribution >= 0.6 is 12.2 Å². The average Bonchev–Trinajstić information content (AvgIpc) is 2.67. The normalized spacial score (nSPS) is 22.1. The van der Waals surface area contributed by atoms with E-state index in [9.17, 15) is 0 Å². The molecule has 1 fully saturated rings. The second-order valence-electron chi connectivity index (χ2n) is 3.54.